The van der Waals surface area contributed by atoms with Crippen molar-refractivity contribution in [2.24, 2.45) is 0 Å². The zero-order chi connectivity index (χ0) is 18.0. The molecule has 130 valence electrons. The molecule has 3 heterocycles. The van der Waals surface area contributed by atoms with Gasteiger partial charge in [-0.25, -0.2) is 19.9 Å². The van der Waals surface area contributed by atoms with Gasteiger partial charge in [0.25, 0.3) is 0 Å². The van der Waals surface area contributed by atoms with E-state index in [9.17, 15) is 13.2 Å². The molecule has 0 aliphatic rings. The van der Waals surface area contributed by atoms with Crippen molar-refractivity contribution in [1.82, 2.24) is 24.5 Å². The Morgan fingerprint density at radius 1 is 1.12 bits per heavy atom. The number of halogens is 4. The summed E-state index contributed by atoms with van der Waals surface area (Å²) in [5.41, 5.74) is -0.599. The van der Waals surface area contributed by atoms with Gasteiger partial charge >= 0.3 is 6.18 Å². The molecule has 3 aromatic heterocycles. The summed E-state index contributed by atoms with van der Waals surface area (Å²) in [6.45, 7) is 0.00160. The summed E-state index contributed by atoms with van der Waals surface area (Å²) in [7, 11) is 1.45. The number of ether oxygens (including phenoxy) is 1. The molecule has 0 aromatic carbocycles. The second-order valence-electron chi connectivity index (χ2n) is 4.98. The fourth-order valence-electron chi connectivity index (χ4n) is 2.11. The van der Waals surface area contributed by atoms with E-state index in [-0.39, 0.29) is 12.4 Å². The van der Waals surface area contributed by atoms with Gasteiger partial charge in [-0.3, -0.25) is 0 Å². The van der Waals surface area contributed by atoms with E-state index in [2.05, 4.69) is 19.9 Å². The van der Waals surface area contributed by atoms with Gasteiger partial charge < -0.3 is 9.30 Å². The molecule has 0 aliphatic heterocycles. The molecule has 10 heteroatoms. The van der Waals surface area contributed by atoms with Crippen LogP contribution in [0, 0.1) is 0 Å². The number of nitrogens with zero attached hydrogens (tertiary/aromatic N) is 5. The Morgan fingerprint density at radius 3 is 2.40 bits per heavy atom. The highest BCUT2D eigenvalue weighted by Crippen LogP contribution is 2.31. The first-order chi connectivity index (χ1) is 11.9. The number of aromatic nitrogens is 5. The molecule has 0 atom stereocenters. The van der Waals surface area contributed by atoms with Crippen molar-refractivity contribution < 1.29 is 17.9 Å². The second kappa shape index (κ2) is 6.67. The molecule has 0 aliphatic carbocycles. The summed E-state index contributed by atoms with van der Waals surface area (Å²) in [4.78, 5) is 15.7. The van der Waals surface area contributed by atoms with E-state index in [1.54, 1.807) is 12.1 Å². The Morgan fingerprint density at radius 2 is 1.84 bits per heavy atom. The van der Waals surface area contributed by atoms with Crippen molar-refractivity contribution in [2.45, 2.75) is 12.7 Å². The lowest BCUT2D eigenvalue weighted by molar-refractivity contribution is -0.140. The first kappa shape index (κ1) is 17.2. The summed E-state index contributed by atoms with van der Waals surface area (Å²) in [5, 5.41) is 0.338. The molecule has 3 aromatic rings. The predicted molar refractivity (Wildman–Crippen MR) is 83.2 cm³/mol. The summed E-state index contributed by atoms with van der Waals surface area (Å²) in [6.07, 6.45) is 0.485. The average Bonchev–Trinajstić information content (AvgIpc) is 3.01. The van der Waals surface area contributed by atoms with Crippen LogP contribution >= 0.6 is 11.6 Å². The Labute approximate surface area is 145 Å². The maximum absolute atomic E-state index is 13.0. The predicted octanol–water partition coefficient (Wildman–Crippen LogP) is 3.46. The quantitative estimate of drug-likeness (QED) is 0.704. The topological polar surface area (TPSA) is 65.7 Å². The number of alkyl halides is 3. The van der Waals surface area contributed by atoms with Crippen molar-refractivity contribution in [3.63, 3.8) is 0 Å². The summed E-state index contributed by atoms with van der Waals surface area (Å²) in [6, 6.07) is 3.12. The van der Waals surface area contributed by atoms with Gasteiger partial charge in [-0.15, -0.1) is 0 Å². The van der Waals surface area contributed by atoms with E-state index < -0.39 is 11.9 Å². The standard InChI is InChI=1S/C15H11ClF3N5O/c1-25-13-3-2-9(4-22-13)14-23-11(15(17,18)19)7-24(14)8-12-20-5-10(16)6-21-12/h2-7H,8H2,1H3. The minimum Gasteiger partial charge on any atom is -0.481 e. The summed E-state index contributed by atoms with van der Waals surface area (Å²) < 4.78 is 45.4. The number of rotatable bonds is 4. The molecule has 0 fully saturated rings. The maximum Gasteiger partial charge on any atom is 0.434 e. The van der Waals surface area contributed by atoms with Crippen molar-refractivity contribution in [1.29, 1.82) is 0 Å². The van der Waals surface area contributed by atoms with Gasteiger partial charge in [0.1, 0.15) is 11.6 Å². The summed E-state index contributed by atoms with van der Waals surface area (Å²) in [5.74, 6) is 0.748. The number of pyridine rings is 1. The molecule has 0 amide bonds. The van der Waals surface area contributed by atoms with Crippen molar-refractivity contribution in [3.8, 4) is 17.3 Å². The van der Waals surface area contributed by atoms with Gasteiger partial charge in [0.15, 0.2) is 5.69 Å². The lowest BCUT2D eigenvalue weighted by Crippen LogP contribution is -2.06. The fourth-order valence-corrected chi connectivity index (χ4v) is 2.21. The van der Waals surface area contributed by atoms with Crippen molar-refractivity contribution >= 4 is 11.6 Å². The molecular weight excluding hydrogens is 359 g/mol. The first-order valence-electron chi connectivity index (χ1n) is 6.98. The van der Waals surface area contributed by atoms with Gasteiger partial charge in [-0.05, 0) is 6.07 Å². The van der Waals surface area contributed by atoms with Crippen molar-refractivity contribution in [2.75, 3.05) is 7.11 Å². The third kappa shape index (κ3) is 3.87. The van der Waals surface area contributed by atoms with Crippen LogP contribution in [0.25, 0.3) is 11.4 Å². The zero-order valence-electron chi connectivity index (χ0n) is 12.8. The lowest BCUT2D eigenvalue weighted by Gasteiger charge is -2.07. The molecule has 0 spiro atoms. The van der Waals surface area contributed by atoms with E-state index in [4.69, 9.17) is 16.3 Å². The smallest absolute Gasteiger partial charge is 0.434 e. The van der Waals surface area contributed by atoms with E-state index in [1.807, 2.05) is 0 Å². The van der Waals surface area contributed by atoms with Crippen LogP contribution in [0.5, 0.6) is 5.88 Å². The second-order valence-corrected chi connectivity index (χ2v) is 5.42. The molecule has 0 unspecified atom stereocenters. The molecule has 0 saturated carbocycles. The highest BCUT2D eigenvalue weighted by molar-refractivity contribution is 6.30. The third-order valence-corrected chi connectivity index (χ3v) is 3.45. The van der Waals surface area contributed by atoms with Gasteiger partial charge in [0.05, 0.1) is 18.7 Å². The Balaban J connectivity index is 2.02. The molecule has 0 radical (unpaired) electrons. The number of imidazole rings is 1. The van der Waals surface area contributed by atoms with Crippen LogP contribution in [-0.2, 0) is 12.7 Å². The normalized spacial score (nSPS) is 11.6. The molecule has 25 heavy (non-hydrogen) atoms. The van der Waals surface area contributed by atoms with Crippen LogP contribution in [0.3, 0.4) is 0 Å². The van der Waals surface area contributed by atoms with Crippen LogP contribution in [0.2, 0.25) is 5.02 Å². The Hall–Kier alpha value is -2.68. The van der Waals surface area contributed by atoms with Gasteiger partial charge in [-0.2, -0.15) is 13.2 Å². The van der Waals surface area contributed by atoms with E-state index in [0.29, 0.717) is 22.3 Å². The van der Waals surface area contributed by atoms with Crippen LogP contribution in [-0.4, -0.2) is 31.6 Å². The molecule has 0 bridgehead atoms. The van der Waals surface area contributed by atoms with Gasteiger partial charge in [-0.1, -0.05) is 11.6 Å². The van der Waals surface area contributed by atoms with Gasteiger partial charge in [0, 0.05) is 36.4 Å². The van der Waals surface area contributed by atoms with Crippen LogP contribution < -0.4 is 4.74 Å². The molecule has 0 saturated heterocycles. The largest absolute Gasteiger partial charge is 0.481 e. The summed E-state index contributed by atoms with van der Waals surface area (Å²) >= 11 is 5.72. The SMILES string of the molecule is COc1ccc(-c2nc(C(F)(F)F)cn2Cc2ncc(Cl)cn2)cn1. The highest BCUT2D eigenvalue weighted by atomic mass is 35.5. The molecular formula is C15H11ClF3N5O. The van der Waals surface area contributed by atoms with E-state index in [0.717, 1.165) is 6.20 Å². The monoisotopic (exact) mass is 369 g/mol. The Bertz CT molecular complexity index is 862. The average molecular weight is 370 g/mol. The molecule has 0 N–H and O–H groups in total. The molecule has 3 rings (SSSR count). The molecule has 6 nitrogen and oxygen atoms in total. The first-order valence-corrected chi connectivity index (χ1v) is 7.36. The minimum absolute atomic E-state index is 0.00160. The number of methoxy groups -OCH3 is 1. The van der Waals surface area contributed by atoms with E-state index >= 15 is 0 Å². The van der Waals surface area contributed by atoms with Crippen LogP contribution in [0.4, 0.5) is 13.2 Å². The number of hydrogen-bond donors (Lipinski definition) is 0. The lowest BCUT2D eigenvalue weighted by atomic mass is 10.2. The van der Waals surface area contributed by atoms with Gasteiger partial charge in [0.2, 0.25) is 5.88 Å². The minimum atomic E-state index is -4.57. The van der Waals surface area contributed by atoms with E-state index in [1.165, 1.54) is 30.3 Å². The Kier molecular flexibility index (Phi) is 4.58. The maximum atomic E-state index is 13.0. The third-order valence-electron chi connectivity index (χ3n) is 3.26. The van der Waals surface area contributed by atoms with Crippen LogP contribution in [0.1, 0.15) is 11.5 Å². The zero-order valence-corrected chi connectivity index (χ0v) is 13.6. The fraction of sp³-hybridized carbons (Fsp3) is 0.200. The van der Waals surface area contributed by atoms with Crippen molar-refractivity contribution in [3.05, 3.63) is 53.5 Å². The number of hydrogen-bond acceptors (Lipinski definition) is 5. The van der Waals surface area contributed by atoms with Crippen LogP contribution in [0.15, 0.2) is 36.9 Å². The highest BCUT2D eigenvalue weighted by Gasteiger charge is 2.35.